The zero-order chi connectivity index (χ0) is 15.3. The van der Waals surface area contributed by atoms with Gasteiger partial charge in [0.05, 0.1) is 0 Å². The number of carbonyl (C=O) groups excluding carboxylic acids is 2. The Morgan fingerprint density at radius 3 is 2.27 bits per heavy atom. The summed E-state index contributed by atoms with van der Waals surface area (Å²) in [6.07, 6.45) is 4.55. The van der Waals surface area contributed by atoms with Gasteiger partial charge in [-0.2, -0.15) is 4.73 Å². The Kier molecular flexibility index (Phi) is 2.76. The summed E-state index contributed by atoms with van der Waals surface area (Å²) in [5.41, 5.74) is 1.98. The molecular formula is C17H14N2O3. The Labute approximate surface area is 127 Å². The fourth-order valence-electron chi connectivity index (χ4n) is 3.36. The van der Waals surface area contributed by atoms with Crippen LogP contribution in [-0.4, -0.2) is 11.8 Å². The van der Waals surface area contributed by atoms with E-state index < -0.39 is 0 Å². The maximum atomic E-state index is 12.6. The van der Waals surface area contributed by atoms with Gasteiger partial charge in [0.25, 0.3) is 11.8 Å². The number of rotatable bonds is 1. The van der Waals surface area contributed by atoms with Crippen molar-refractivity contribution in [1.82, 2.24) is 0 Å². The van der Waals surface area contributed by atoms with Gasteiger partial charge in [-0.05, 0) is 43.9 Å². The van der Waals surface area contributed by atoms with E-state index in [0.29, 0.717) is 45.3 Å². The van der Waals surface area contributed by atoms with E-state index in [9.17, 15) is 14.8 Å². The highest BCUT2D eigenvalue weighted by Crippen LogP contribution is 2.37. The van der Waals surface area contributed by atoms with Crippen LogP contribution in [0.2, 0.25) is 0 Å². The summed E-state index contributed by atoms with van der Waals surface area (Å²) >= 11 is 0. The molecule has 110 valence electrons. The molecule has 2 aliphatic rings. The quantitative estimate of drug-likeness (QED) is 0.460. The second kappa shape index (κ2) is 4.66. The lowest BCUT2D eigenvalue weighted by atomic mass is 9.93. The number of anilines is 1. The molecule has 1 aliphatic carbocycles. The highest BCUT2D eigenvalue weighted by Gasteiger charge is 2.41. The summed E-state index contributed by atoms with van der Waals surface area (Å²) in [6.45, 7) is 0. The number of carbonyl (C=O) groups is 2. The van der Waals surface area contributed by atoms with Crippen molar-refractivity contribution < 1.29 is 14.3 Å². The smallest absolute Gasteiger partial charge is 0.261 e. The van der Waals surface area contributed by atoms with Crippen molar-refractivity contribution in [3.63, 3.8) is 0 Å². The number of hydrogen-bond donors (Lipinski definition) is 0. The van der Waals surface area contributed by atoms with Crippen LogP contribution in [0.15, 0.2) is 47.7 Å². The Hall–Kier alpha value is -2.69. The van der Waals surface area contributed by atoms with E-state index in [1.165, 1.54) is 11.1 Å². The highest BCUT2D eigenvalue weighted by molar-refractivity contribution is 6.34. The lowest BCUT2D eigenvalue weighted by molar-refractivity contribution is -0.576. The van der Waals surface area contributed by atoms with Crippen LogP contribution >= 0.6 is 0 Å². The molecule has 0 fully saturated rings. The summed E-state index contributed by atoms with van der Waals surface area (Å²) in [4.78, 5) is 26.5. The molecule has 22 heavy (non-hydrogen) atoms. The van der Waals surface area contributed by atoms with Crippen LogP contribution < -0.4 is 9.63 Å². The summed E-state index contributed by atoms with van der Waals surface area (Å²) in [6, 6.07) is 8.66. The minimum absolute atomic E-state index is 0.268. The molecule has 5 heteroatoms. The van der Waals surface area contributed by atoms with Crippen LogP contribution in [0, 0.1) is 5.21 Å². The van der Waals surface area contributed by atoms with Gasteiger partial charge in [0.2, 0.25) is 5.52 Å². The lowest BCUT2D eigenvalue weighted by Gasteiger charge is -2.16. The summed E-state index contributed by atoms with van der Waals surface area (Å²) in [7, 11) is 0. The maximum Gasteiger partial charge on any atom is 0.261 e. The number of amides is 2. The molecule has 0 unspecified atom stereocenters. The first-order valence-electron chi connectivity index (χ1n) is 7.40. The Morgan fingerprint density at radius 1 is 0.955 bits per heavy atom. The van der Waals surface area contributed by atoms with Gasteiger partial charge in [0, 0.05) is 22.6 Å². The number of para-hydroxylation sites is 1. The van der Waals surface area contributed by atoms with Crippen molar-refractivity contribution in [2.24, 2.45) is 0 Å². The monoisotopic (exact) mass is 294 g/mol. The fourth-order valence-corrected chi connectivity index (χ4v) is 3.36. The van der Waals surface area contributed by atoms with E-state index in [4.69, 9.17) is 0 Å². The van der Waals surface area contributed by atoms with Gasteiger partial charge in [-0.25, -0.2) is 4.90 Å². The standard InChI is InChI=1S/C17H14N2O3/c20-16-12-7-1-2-8-13(12)17(21)19(16)14-9-3-5-11-6-4-10-18(22)15(11)14/h3-6,9-10H,1-2,7-8H2. The van der Waals surface area contributed by atoms with Gasteiger partial charge < -0.3 is 5.21 Å². The molecule has 0 atom stereocenters. The number of fused-ring (bicyclic) bond motifs is 1. The second-order valence-electron chi connectivity index (χ2n) is 5.66. The van der Waals surface area contributed by atoms with Gasteiger partial charge in [0.1, 0.15) is 5.69 Å². The Balaban J connectivity index is 1.91. The average Bonchev–Trinajstić information content (AvgIpc) is 2.79. The predicted molar refractivity (Wildman–Crippen MR) is 80.9 cm³/mol. The van der Waals surface area contributed by atoms with Gasteiger partial charge >= 0.3 is 0 Å². The van der Waals surface area contributed by atoms with Crippen LogP contribution in [-0.2, 0) is 9.59 Å². The zero-order valence-electron chi connectivity index (χ0n) is 11.9. The lowest BCUT2D eigenvalue weighted by Crippen LogP contribution is -2.35. The molecule has 0 N–H and O–H groups in total. The molecule has 1 aromatic heterocycles. The molecule has 1 aromatic carbocycles. The first kappa shape index (κ1) is 13.0. The molecule has 0 bridgehead atoms. The predicted octanol–water partition coefficient (Wildman–Crippen LogP) is 2.22. The van der Waals surface area contributed by atoms with E-state index in [0.717, 1.165) is 12.8 Å². The van der Waals surface area contributed by atoms with E-state index >= 15 is 0 Å². The number of benzene rings is 1. The van der Waals surface area contributed by atoms with Crippen LogP contribution in [0.3, 0.4) is 0 Å². The van der Waals surface area contributed by atoms with E-state index in [1.807, 2.05) is 0 Å². The molecule has 0 saturated carbocycles. The third kappa shape index (κ3) is 1.68. The summed E-state index contributed by atoms with van der Waals surface area (Å²) in [5.74, 6) is -0.535. The molecule has 5 nitrogen and oxygen atoms in total. The third-order valence-electron chi connectivity index (χ3n) is 4.39. The zero-order valence-corrected chi connectivity index (χ0v) is 11.9. The molecule has 0 spiro atoms. The first-order chi connectivity index (χ1) is 10.7. The Bertz CT molecular complexity index is 821. The van der Waals surface area contributed by atoms with Gasteiger partial charge in [-0.3, -0.25) is 9.59 Å². The van der Waals surface area contributed by atoms with Crippen molar-refractivity contribution in [3.8, 4) is 0 Å². The topological polar surface area (TPSA) is 64.3 Å². The fraction of sp³-hybridized carbons (Fsp3) is 0.235. The summed E-state index contributed by atoms with van der Waals surface area (Å²) in [5, 5.41) is 12.8. The van der Waals surface area contributed by atoms with Crippen molar-refractivity contribution in [2.45, 2.75) is 25.7 Å². The van der Waals surface area contributed by atoms with Gasteiger partial charge in [0.15, 0.2) is 6.20 Å². The molecule has 0 radical (unpaired) electrons. The van der Waals surface area contributed by atoms with Crippen LogP contribution in [0.25, 0.3) is 10.9 Å². The number of aromatic nitrogens is 1. The molecule has 4 rings (SSSR count). The largest absolute Gasteiger partial charge is 0.618 e. The Morgan fingerprint density at radius 2 is 1.59 bits per heavy atom. The average molecular weight is 294 g/mol. The highest BCUT2D eigenvalue weighted by atomic mass is 16.5. The molecule has 1 aliphatic heterocycles. The number of hydrogen-bond acceptors (Lipinski definition) is 3. The summed E-state index contributed by atoms with van der Waals surface area (Å²) < 4.78 is 0.711. The molecule has 2 amide bonds. The first-order valence-corrected chi connectivity index (χ1v) is 7.40. The minimum atomic E-state index is -0.268. The normalized spacial score (nSPS) is 18.3. The van der Waals surface area contributed by atoms with E-state index in [-0.39, 0.29) is 11.8 Å². The van der Waals surface area contributed by atoms with Crippen LogP contribution in [0.4, 0.5) is 5.69 Å². The minimum Gasteiger partial charge on any atom is -0.618 e. The van der Waals surface area contributed by atoms with Crippen molar-refractivity contribution in [1.29, 1.82) is 0 Å². The number of pyridine rings is 1. The molecule has 2 aromatic rings. The molecular weight excluding hydrogens is 280 g/mol. The molecule has 0 saturated heterocycles. The molecule has 2 heterocycles. The van der Waals surface area contributed by atoms with E-state index in [1.54, 1.807) is 30.3 Å². The van der Waals surface area contributed by atoms with Crippen LogP contribution in [0.5, 0.6) is 0 Å². The third-order valence-corrected chi connectivity index (χ3v) is 4.39. The van der Waals surface area contributed by atoms with Crippen molar-refractivity contribution >= 4 is 28.4 Å². The van der Waals surface area contributed by atoms with Gasteiger partial charge in [-0.1, -0.05) is 6.07 Å². The van der Waals surface area contributed by atoms with Crippen LogP contribution in [0.1, 0.15) is 25.7 Å². The number of imide groups is 1. The SMILES string of the molecule is O=C1C2=C(CCCC2)C(=O)N1c1cccc2ccc[n+]([O-])c12. The maximum absolute atomic E-state index is 12.6. The second-order valence-corrected chi connectivity index (χ2v) is 5.66. The van der Waals surface area contributed by atoms with Gasteiger partial charge in [-0.15, -0.1) is 0 Å². The number of nitrogens with zero attached hydrogens (tertiary/aromatic N) is 2. The van der Waals surface area contributed by atoms with Crippen molar-refractivity contribution in [3.05, 3.63) is 52.9 Å². The van der Waals surface area contributed by atoms with Crippen molar-refractivity contribution in [2.75, 3.05) is 4.90 Å². The van der Waals surface area contributed by atoms with E-state index in [2.05, 4.69) is 0 Å².